The van der Waals surface area contributed by atoms with Gasteiger partial charge in [-0.05, 0) is 6.92 Å². The quantitative estimate of drug-likeness (QED) is 0.484. The molecule has 0 aromatic rings. The number of hydrogen-bond acceptors (Lipinski definition) is 2. The molecule has 0 saturated carbocycles. The average Bonchev–Trinajstić information content (AvgIpc) is 2.04. The molecule has 0 aromatic carbocycles. The molecule has 0 radical (unpaired) electrons. The van der Waals surface area contributed by atoms with Crippen LogP contribution in [0, 0.1) is 12.5 Å². The zero-order valence-electron chi connectivity index (χ0n) is 6.22. The molecular formula is C8H12N2. The second kappa shape index (κ2) is 3.28. The Bertz CT molecular complexity index is 176. The summed E-state index contributed by atoms with van der Waals surface area (Å²) in [7, 11) is 0. The van der Waals surface area contributed by atoms with Crippen LogP contribution in [0.25, 0.3) is 0 Å². The molecule has 1 rings (SSSR count). The summed E-state index contributed by atoms with van der Waals surface area (Å²) in [5, 5.41) is 3.24. The largest absolute Gasteiger partial charge is 0.309 e. The van der Waals surface area contributed by atoms with E-state index in [9.17, 15) is 0 Å². The van der Waals surface area contributed by atoms with E-state index in [1.54, 1.807) is 0 Å². The first-order chi connectivity index (χ1) is 4.88. The number of piperazine rings is 1. The van der Waals surface area contributed by atoms with Crippen molar-refractivity contribution in [1.82, 2.24) is 10.2 Å². The van der Waals surface area contributed by atoms with Crippen LogP contribution in [0.15, 0.2) is 11.8 Å². The van der Waals surface area contributed by atoms with Gasteiger partial charge < -0.3 is 10.2 Å². The van der Waals surface area contributed by atoms with E-state index in [0.717, 1.165) is 19.6 Å². The lowest BCUT2D eigenvalue weighted by Crippen LogP contribution is -2.38. The molecule has 2 heteroatoms. The molecule has 0 aromatic heterocycles. The van der Waals surface area contributed by atoms with Crippen LogP contribution in [-0.4, -0.2) is 24.5 Å². The molecule has 1 heterocycles. The highest BCUT2D eigenvalue weighted by Crippen LogP contribution is 2.03. The molecule has 2 nitrogen and oxygen atoms in total. The van der Waals surface area contributed by atoms with Crippen molar-refractivity contribution >= 4 is 0 Å². The molecule has 1 fully saturated rings. The first-order valence-electron chi connectivity index (χ1n) is 3.48. The Morgan fingerprint density at radius 3 is 3.10 bits per heavy atom. The molecule has 1 N–H and O–H groups in total. The van der Waals surface area contributed by atoms with Crippen LogP contribution in [0.5, 0.6) is 0 Å². The van der Waals surface area contributed by atoms with Gasteiger partial charge in [-0.15, -0.1) is 0 Å². The molecule has 10 heavy (non-hydrogen) atoms. The van der Waals surface area contributed by atoms with Gasteiger partial charge in [0.2, 0.25) is 0 Å². The van der Waals surface area contributed by atoms with Gasteiger partial charge in [-0.2, -0.15) is 0 Å². The predicted octanol–water partition coefficient (Wildman–Crippen LogP) is 0.386. The van der Waals surface area contributed by atoms with Crippen molar-refractivity contribution in [3.63, 3.8) is 0 Å². The van der Waals surface area contributed by atoms with Gasteiger partial charge in [-0.25, -0.2) is 0 Å². The van der Waals surface area contributed by atoms with Crippen LogP contribution in [0.3, 0.4) is 0 Å². The Balaban J connectivity index is 2.62. The van der Waals surface area contributed by atoms with Crippen LogP contribution in [0.2, 0.25) is 0 Å². The Labute approximate surface area is 61.9 Å². The predicted molar refractivity (Wildman–Crippen MR) is 42.2 cm³/mol. The third-order valence-corrected chi connectivity index (χ3v) is 1.65. The molecule has 0 atom stereocenters. The summed E-state index contributed by atoms with van der Waals surface area (Å²) in [6.45, 7) is 4.82. The van der Waals surface area contributed by atoms with Gasteiger partial charge in [0.1, 0.15) is 0 Å². The lowest BCUT2D eigenvalue weighted by atomic mass is 10.3. The van der Waals surface area contributed by atoms with Crippen LogP contribution in [0.4, 0.5) is 0 Å². The van der Waals surface area contributed by atoms with Gasteiger partial charge in [-0.1, -0.05) is 12.5 Å². The molecule has 1 aliphatic heterocycles. The number of terminal acetylenes is 1. The van der Waals surface area contributed by atoms with Crippen molar-refractivity contribution in [3.05, 3.63) is 11.8 Å². The first kappa shape index (κ1) is 7.17. The fraction of sp³-hybridized carbons (Fsp3) is 0.500. The summed E-state index contributed by atoms with van der Waals surface area (Å²) < 4.78 is 0. The van der Waals surface area contributed by atoms with E-state index in [1.165, 1.54) is 5.70 Å². The van der Waals surface area contributed by atoms with E-state index in [4.69, 9.17) is 6.42 Å². The summed E-state index contributed by atoms with van der Waals surface area (Å²) in [6.07, 6.45) is 7.32. The Morgan fingerprint density at radius 2 is 2.60 bits per heavy atom. The monoisotopic (exact) mass is 136 g/mol. The fourth-order valence-corrected chi connectivity index (χ4v) is 1.05. The molecule has 0 bridgehead atoms. The summed E-state index contributed by atoms with van der Waals surface area (Å²) in [4.78, 5) is 1.94. The third-order valence-electron chi connectivity index (χ3n) is 1.65. The van der Waals surface area contributed by atoms with Crippen molar-refractivity contribution < 1.29 is 0 Å². The minimum atomic E-state index is 0.903. The SMILES string of the molecule is C#CN1CCNCC1=CC. The van der Waals surface area contributed by atoms with Crippen molar-refractivity contribution in [1.29, 1.82) is 0 Å². The topological polar surface area (TPSA) is 15.3 Å². The number of rotatable bonds is 0. The molecule has 1 saturated heterocycles. The second-order valence-electron chi connectivity index (χ2n) is 2.24. The molecular weight excluding hydrogens is 124 g/mol. The summed E-state index contributed by atoms with van der Waals surface area (Å²) >= 11 is 0. The summed E-state index contributed by atoms with van der Waals surface area (Å²) in [5.74, 6) is 0. The van der Waals surface area contributed by atoms with E-state index in [0.29, 0.717) is 0 Å². The maximum absolute atomic E-state index is 5.28. The summed E-state index contributed by atoms with van der Waals surface area (Å²) in [6, 6.07) is 2.63. The van der Waals surface area contributed by atoms with E-state index < -0.39 is 0 Å². The lowest BCUT2D eigenvalue weighted by Gasteiger charge is -2.26. The maximum Gasteiger partial charge on any atom is 0.0437 e. The second-order valence-corrected chi connectivity index (χ2v) is 2.24. The highest BCUT2D eigenvalue weighted by atomic mass is 15.2. The molecule has 54 valence electrons. The van der Waals surface area contributed by atoms with Gasteiger partial charge in [0.05, 0.1) is 0 Å². The third kappa shape index (κ3) is 1.31. The minimum Gasteiger partial charge on any atom is -0.309 e. The first-order valence-corrected chi connectivity index (χ1v) is 3.48. The van der Waals surface area contributed by atoms with E-state index in [2.05, 4.69) is 11.4 Å². The standard InChI is InChI=1S/C8H12N2/c1-3-8-7-9-5-6-10(8)4-2/h2-3,9H,5-7H2,1H3. The van der Waals surface area contributed by atoms with Gasteiger partial charge in [0.15, 0.2) is 0 Å². The Hall–Kier alpha value is -0.940. The van der Waals surface area contributed by atoms with Crippen LogP contribution >= 0.6 is 0 Å². The Morgan fingerprint density at radius 1 is 1.80 bits per heavy atom. The average molecular weight is 136 g/mol. The van der Waals surface area contributed by atoms with Gasteiger partial charge in [-0.3, -0.25) is 0 Å². The van der Waals surface area contributed by atoms with Crippen molar-refractivity contribution in [2.24, 2.45) is 0 Å². The van der Waals surface area contributed by atoms with Gasteiger partial charge in [0.25, 0.3) is 0 Å². The number of nitrogens with zero attached hydrogens (tertiary/aromatic N) is 1. The van der Waals surface area contributed by atoms with Gasteiger partial charge in [0, 0.05) is 31.4 Å². The van der Waals surface area contributed by atoms with E-state index in [1.807, 2.05) is 17.9 Å². The zero-order valence-corrected chi connectivity index (χ0v) is 6.22. The highest BCUT2D eigenvalue weighted by Gasteiger charge is 2.09. The van der Waals surface area contributed by atoms with Crippen molar-refractivity contribution in [3.8, 4) is 12.5 Å². The van der Waals surface area contributed by atoms with Crippen LogP contribution in [0.1, 0.15) is 6.92 Å². The molecule has 1 aliphatic rings. The van der Waals surface area contributed by atoms with Crippen molar-refractivity contribution in [2.75, 3.05) is 19.6 Å². The number of allylic oxidation sites excluding steroid dienone is 1. The number of nitrogens with one attached hydrogen (secondary N) is 1. The minimum absolute atomic E-state index is 0.903. The van der Waals surface area contributed by atoms with Crippen molar-refractivity contribution in [2.45, 2.75) is 6.92 Å². The molecule has 0 amide bonds. The highest BCUT2D eigenvalue weighted by molar-refractivity contribution is 5.11. The molecule has 0 unspecified atom stereocenters. The maximum atomic E-state index is 5.28. The van der Waals surface area contributed by atoms with E-state index >= 15 is 0 Å². The number of hydrogen-bond donors (Lipinski definition) is 1. The smallest absolute Gasteiger partial charge is 0.0437 e. The van der Waals surface area contributed by atoms with Gasteiger partial charge >= 0.3 is 0 Å². The summed E-state index contributed by atoms with van der Waals surface area (Å²) in [5.41, 5.74) is 1.20. The zero-order chi connectivity index (χ0) is 7.40. The fourth-order valence-electron chi connectivity index (χ4n) is 1.05. The molecule has 0 spiro atoms. The van der Waals surface area contributed by atoms with Crippen LogP contribution < -0.4 is 5.32 Å². The van der Waals surface area contributed by atoms with E-state index in [-0.39, 0.29) is 0 Å². The normalized spacial score (nSPS) is 22.8. The molecule has 0 aliphatic carbocycles. The van der Waals surface area contributed by atoms with Crippen LogP contribution in [-0.2, 0) is 0 Å². The lowest BCUT2D eigenvalue weighted by molar-refractivity contribution is 0.411. The Kier molecular flexibility index (Phi) is 2.35.